The van der Waals surface area contributed by atoms with Crippen molar-refractivity contribution in [3.8, 4) is 0 Å². The molecule has 1 rings (SSSR count). The molecule has 0 radical (unpaired) electrons. The van der Waals surface area contributed by atoms with Crippen LogP contribution in [0, 0.1) is 5.92 Å². The highest BCUT2D eigenvalue weighted by Crippen LogP contribution is 2.18. The largest absolute Gasteiger partial charge is 0.480 e. The highest BCUT2D eigenvalue weighted by atomic mass is 16.6. The third-order valence-corrected chi connectivity index (χ3v) is 3.09. The van der Waals surface area contributed by atoms with Crippen molar-refractivity contribution in [2.45, 2.75) is 38.8 Å². The van der Waals surface area contributed by atoms with Gasteiger partial charge < -0.3 is 20.1 Å². The number of carboxylic acid groups (broad SMARTS) is 1. The summed E-state index contributed by atoms with van der Waals surface area (Å²) in [5.41, 5.74) is 7.54. The zero-order valence-electron chi connectivity index (χ0n) is 13.4. The number of likely N-dealkylation sites (tertiary alicyclic amines) is 1. The molecule has 2 unspecified atom stereocenters. The molecule has 2 atom stereocenters. The molecule has 2 amide bonds. The Morgan fingerprint density at radius 3 is 2.74 bits per heavy atom. The number of carbonyl (C=O) groups excluding carboxylic acids is 2. The number of rotatable bonds is 6. The van der Waals surface area contributed by atoms with E-state index in [1.807, 2.05) is 0 Å². The lowest BCUT2D eigenvalue weighted by atomic mass is 10.1. The molecule has 0 spiro atoms. The summed E-state index contributed by atoms with van der Waals surface area (Å²) in [6.45, 7) is 5.28. The number of nitrogens with zero attached hydrogens (tertiary/aromatic N) is 4. The molecule has 1 aliphatic rings. The van der Waals surface area contributed by atoms with Crippen molar-refractivity contribution in [2.75, 3.05) is 19.6 Å². The van der Waals surface area contributed by atoms with E-state index in [0.29, 0.717) is 0 Å². The third-order valence-electron chi connectivity index (χ3n) is 3.09. The highest BCUT2D eigenvalue weighted by Gasteiger charge is 2.33. The Bertz CT molecular complexity index is 523. The minimum absolute atomic E-state index is 0.144. The van der Waals surface area contributed by atoms with Gasteiger partial charge in [0.05, 0.1) is 6.54 Å². The summed E-state index contributed by atoms with van der Waals surface area (Å²) in [7, 11) is 0. The fourth-order valence-corrected chi connectivity index (χ4v) is 2.16. The number of aliphatic carboxylic acids is 1. The van der Waals surface area contributed by atoms with Crippen LogP contribution in [0.4, 0.5) is 4.79 Å². The van der Waals surface area contributed by atoms with E-state index in [0.717, 1.165) is 0 Å². The number of carbonyl (C=O) groups is 3. The number of alkyl carbamates (subject to hydrolysis) is 1. The maximum absolute atomic E-state index is 11.9. The summed E-state index contributed by atoms with van der Waals surface area (Å²) in [5, 5.41) is 14.9. The molecule has 0 saturated carbocycles. The van der Waals surface area contributed by atoms with Crippen molar-refractivity contribution in [1.82, 2.24) is 10.2 Å². The molecule has 23 heavy (non-hydrogen) atoms. The summed E-state index contributed by atoms with van der Waals surface area (Å²) in [4.78, 5) is 38.8. The summed E-state index contributed by atoms with van der Waals surface area (Å²) < 4.78 is 5.01. The molecular weight excluding hydrogens is 306 g/mol. The zero-order chi connectivity index (χ0) is 17.6. The average molecular weight is 327 g/mol. The van der Waals surface area contributed by atoms with Crippen LogP contribution in [0.25, 0.3) is 10.4 Å². The van der Waals surface area contributed by atoms with Crippen molar-refractivity contribution in [3.63, 3.8) is 0 Å². The van der Waals surface area contributed by atoms with E-state index in [2.05, 4.69) is 15.3 Å². The number of ether oxygens (including phenoxy) is 1. The van der Waals surface area contributed by atoms with Crippen LogP contribution in [-0.2, 0) is 14.3 Å². The van der Waals surface area contributed by atoms with E-state index in [9.17, 15) is 19.5 Å². The fourth-order valence-electron chi connectivity index (χ4n) is 2.16. The molecule has 10 nitrogen and oxygen atoms in total. The van der Waals surface area contributed by atoms with E-state index in [4.69, 9.17) is 10.3 Å². The van der Waals surface area contributed by atoms with Crippen molar-refractivity contribution in [3.05, 3.63) is 10.4 Å². The van der Waals surface area contributed by atoms with Gasteiger partial charge in [-0.3, -0.25) is 4.79 Å². The van der Waals surface area contributed by atoms with Crippen molar-refractivity contribution >= 4 is 18.0 Å². The molecule has 0 aliphatic carbocycles. The number of nitrogens with one attached hydrogen (secondary N) is 1. The first-order valence-corrected chi connectivity index (χ1v) is 7.13. The minimum Gasteiger partial charge on any atom is -0.480 e. The molecule has 2 N–H and O–H groups in total. The summed E-state index contributed by atoms with van der Waals surface area (Å²) in [5.74, 6) is -1.64. The van der Waals surface area contributed by atoms with Crippen LogP contribution < -0.4 is 5.32 Å². The first kappa shape index (κ1) is 18.6. The molecule has 0 aromatic heterocycles. The van der Waals surface area contributed by atoms with Gasteiger partial charge in [0, 0.05) is 24.4 Å². The van der Waals surface area contributed by atoms with E-state index < -0.39 is 23.7 Å². The first-order chi connectivity index (χ1) is 10.6. The van der Waals surface area contributed by atoms with E-state index in [1.54, 1.807) is 20.8 Å². The maximum Gasteiger partial charge on any atom is 0.408 e. The summed E-state index contributed by atoms with van der Waals surface area (Å²) in [6, 6.07) is -1.27. The second-order valence-electron chi connectivity index (χ2n) is 6.32. The Morgan fingerprint density at radius 1 is 1.57 bits per heavy atom. The lowest BCUT2D eigenvalue weighted by molar-refractivity contribution is -0.140. The molecule has 0 bridgehead atoms. The Hall–Kier alpha value is -2.48. The number of carboxylic acids is 1. The second-order valence-corrected chi connectivity index (χ2v) is 6.32. The van der Waals surface area contributed by atoms with E-state index in [1.165, 1.54) is 4.90 Å². The maximum atomic E-state index is 11.9. The Balaban J connectivity index is 2.62. The number of amides is 2. The van der Waals surface area contributed by atoms with Crippen LogP contribution in [0.2, 0.25) is 0 Å². The van der Waals surface area contributed by atoms with Crippen molar-refractivity contribution < 1.29 is 24.2 Å². The predicted octanol–water partition coefficient (Wildman–Crippen LogP) is 1.12. The van der Waals surface area contributed by atoms with Gasteiger partial charge in [-0.1, -0.05) is 5.11 Å². The van der Waals surface area contributed by atoms with Gasteiger partial charge in [-0.25, -0.2) is 9.59 Å². The van der Waals surface area contributed by atoms with Gasteiger partial charge in [-0.15, -0.1) is 0 Å². The Morgan fingerprint density at radius 2 is 2.22 bits per heavy atom. The highest BCUT2D eigenvalue weighted by molar-refractivity contribution is 5.83. The Labute approximate surface area is 133 Å². The lowest BCUT2D eigenvalue weighted by Crippen LogP contribution is -2.50. The predicted molar refractivity (Wildman–Crippen MR) is 79.5 cm³/mol. The summed E-state index contributed by atoms with van der Waals surface area (Å²) in [6.07, 6.45) is -0.667. The van der Waals surface area contributed by atoms with Crippen LogP contribution in [-0.4, -0.2) is 59.3 Å². The van der Waals surface area contributed by atoms with Gasteiger partial charge in [-0.05, 0) is 32.2 Å². The first-order valence-electron chi connectivity index (χ1n) is 7.13. The van der Waals surface area contributed by atoms with E-state index >= 15 is 0 Å². The molecule has 1 saturated heterocycles. The topological polar surface area (TPSA) is 145 Å². The SMILES string of the molecule is CC(C)(C)OC(=O)NC(CN1CC(CN=[N+]=[N-])CC1=O)C(=O)O. The molecule has 0 aromatic rings. The fraction of sp³-hybridized carbons (Fsp3) is 0.769. The van der Waals surface area contributed by atoms with Crippen LogP contribution in [0.3, 0.4) is 0 Å². The smallest absolute Gasteiger partial charge is 0.408 e. The molecule has 10 heteroatoms. The second kappa shape index (κ2) is 7.68. The zero-order valence-corrected chi connectivity index (χ0v) is 13.4. The molecule has 1 fully saturated rings. The average Bonchev–Trinajstić information content (AvgIpc) is 2.74. The van der Waals surface area contributed by atoms with Gasteiger partial charge in [0.2, 0.25) is 5.91 Å². The van der Waals surface area contributed by atoms with Gasteiger partial charge in [-0.2, -0.15) is 0 Å². The van der Waals surface area contributed by atoms with Crippen molar-refractivity contribution in [1.29, 1.82) is 0 Å². The number of hydrogen-bond donors (Lipinski definition) is 2. The Kier molecular flexibility index (Phi) is 6.20. The van der Waals surface area contributed by atoms with Crippen LogP contribution in [0.5, 0.6) is 0 Å². The molecule has 0 aromatic carbocycles. The number of hydrogen-bond acceptors (Lipinski definition) is 5. The molecular formula is C13H21N5O5. The normalized spacial score (nSPS) is 19.0. The lowest BCUT2D eigenvalue weighted by Gasteiger charge is -2.24. The van der Waals surface area contributed by atoms with Crippen LogP contribution in [0.15, 0.2) is 5.11 Å². The number of azide groups is 1. The third kappa shape index (κ3) is 6.43. The standard InChI is InChI=1S/C13H21N5O5/c1-13(2,3)23-12(22)16-9(11(20)21)7-18-6-8(4-10(18)19)5-15-17-14/h8-9H,4-7H2,1-3H3,(H,16,22)(H,20,21). The van der Waals surface area contributed by atoms with Crippen LogP contribution >= 0.6 is 0 Å². The van der Waals surface area contributed by atoms with Gasteiger partial charge >= 0.3 is 12.1 Å². The van der Waals surface area contributed by atoms with Gasteiger partial charge in [0.25, 0.3) is 0 Å². The van der Waals surface area contributed by atoms with Crippen molar-refractivity contribution in [2.24, 2.45) is 11.0 Å². The quantitative estimate of drug-likeness (QED) is 0.426. The monoisotopic (exact) mass is 327 g/mol. The molecule has 1 aliphatic heterocycles. The molecule has 128 valence electrons. The van der Waals surface area contributed by atoms with Gasteiger partial charge in [0.15, 0.2) is 0 Å². The molecule has 1 heterocycles. The van der Waals surface area contributed by atoms with Gasteiger partial charge in [0.1, 0.15) is 11.6 Å². The van der Waals surface area contributed by atoms with Crippen LogP contribution in [0.1, 0.15) is 27.2 Å². The van der Waals surface area contributed by atoms with E-state index in [-0.39, 0.29) is 37.9 Å². The summed E-state index contributed by atoms with van der Waals surface area (Å²) >= 11 is 0. The minimum atomic E-state index is -1.27.